The van der Waals surface area contributed by atoms with Gasteiger partial charge in [0.25, 0.3) is 0 Å². The van der Waals surface area contributed by atoms with Crippen molar-refractivity contribution in [2.75, 3.05) is 106 Å². The molecule has 0 spiro atoms. The third kappa shape index (κ3) is 61.6. The highest BCUT2D eigenvalue weighted by Gasteiger charge is 2.41. The summed E-state index contributed by atoms with van der Waals surface area (Å²) in [5, 5.41) is 60.1. The van der Waals surface area contributed by atoms with Gasteiger partial charge in [0.1, 0.15) is 0 Å². The van der Waals surface area contributed by atoms with Gasteiger partial charge in [-0.1, -0.05) is 6.92 Å². The number of hydrogen-bond acceptors (Lipinski definition) is 18. The lowest BCUT2D eigenvalue weighted by Crippen LogP contribution is -2.52. The number of aliphatic hydroxyl groups is 7. The fourth-order valence-corrected chi connectivity index (χ4v) is 49.7. The predicted octanol–water partition coefficient (Wildman–Crippen LogP) is 9.55. The Morgan fingerprint density at radius 1 is 0.286 bits per heavy atom. The molecule has 1 unspecified atom stereocenters. The van der Waals surface area contributed by atoms with Crippen LogP contribution in [0.3, 0.4) is 0 Å². The van der Waals surface area contributed by atoms with Crippen LogP contribution in [0.15, 0.2) is 0 Å². The van der Waals surface area contributed by atoms with E-state index < -0.39 is 75.6 Å². The van der Waals surface area contributed by atoms with Gasteiger partial charge >= 0.3 is 25.7 Å². The van der Waals surface area contributed by atoms with Crippen LogP contribution >= 0.6 is 0 Å². The van der Waals surface area contributed by atoms with Crippen LogP contribution in [0.1, 0.15) is 58.8 Å². The van der Waals surface area contributed by atoms with Gasteiger partial charge in [0.05, 0.1) is 59.0 Å². The topological polar surface area (TPSA) is 243 Å². The van der Waals surface area contributed by atoms with Crippen molar-refractivity contribution in [2.24, 2.45) is 0 Å². The molecular formula is C50H126O18Si9. The minimum atomic E-state index is -2.16. The van der Waals surface area contributed by atoms with Crippen molar-refractivity contribution in [3.8, 4) is 0 Å². The highest BCUT2D eigenvalue weighted by Crippen LogP contribution is 2.29. The molecule has 0 rings (SSSR count). The molecule has 0 aliphatic rings. The molecule has 0 amide bonds. The van der Waals surface area contributed by atoms with Crippen molar-refractivity contribution >= 4 is 75.6 Å². The van der Waals surface area contributed by atoms with Gasteiger partial charge in [0, 0.05) is 52.9 Å². The fraction of sp³-hybridized carbons (Fsp3) is 1.00. The Labute approximate surface area is 481 Å². The van der Waals surface area contributed by atoms with Gasteiger partial charge < -0.3 is 84.1 Å². The maximum absolute atomic E-state index is 8.72. The third-order valence-electron chi connectivity index (χ3n) is 11.3. The van der Waals surface area contributed by atoms with Crippen LogP contribution in [-0.4, -0.2) is 223 Å². The molecule has 27 heteroatoms. The molecule has 0 bridgehead atoms. The van der Waals surface area contributed by atoms with Gasteiger partial charge in [-0.15, -0.1) is 0 Å². The maximum atomic E-state index is 8.72. The van der Waals surface area contributed by atoms with E-state index >= 15 is 0 Å². The number of ether oxygens (including phenoxy) is 5. The van der Waals surface area contributed by atoms with Crippen molar-refractivity contribution in [3.63, 3.8) is 0 Å². The van der Waals surface area contributed by atoms with E-state index in [1.54, 1.807) is 6.92 Å². The Kier molecular flexibility index (Phi) is 51.2. The second kappa shape index (κ2) is 46.5. The average molecular weight is 1270 g/mol. The summed E-state index contributed by atoms with van der Waals surface area (Å²) >= 11 is 0. The molecule has 0 fully saturated rings. The van der Waals surface area contributed by atoms with Crippen LogP contribution in [-0.2, 0) is 48.4 Å². The van der Waals surface area contributed by atoms with E-state index in [4.69, 9.17) is 84.1 Å². The molecule has 0 aliphatic carbocycles. The first kappa shape index (κ1) is 84.7. The van der Waals surface area contributed by atoms with Crippen molar-refractivity contribution in [3.05, 3.63) is 0 Å². The Balaban J connectivity index is -0.000000493. The van der Waals surface area contributed by atoms with Crippen LogP contribution in [0, 0.1) is 0 Å². The van der Waals surface area contributed by atoms with E-state index in [0.29, 0.717) is 65.9 Å². The van der Waals surface area contributed by atoms with Crippen molar-refractivity contribution < 1.29 is 84.1 Å². The van der Waals surface area contributed by atoms with Crippen LogP contribution in [0.5, 0.6) is 0 Å². The molecule has 0 aromatic carbocycles. The quantitative estimate of drug-likeness (QED) is 0.0222. The van der Waals surface area contributed by atoms with Gasteiger partial charge in [0.15, 0.2) is 49.9 Å². The summed E-state index contributed by atoms with van der Waals surface area (Å²) in [5.74, 6) is 0. The second-order valence-corrected chi connectivity index (χ2v) is 62.3. The zero-order valence-corrected chi connectivity index (χ0v) is 62.2. The molecule has 0 saturated carbocycles. The Morgan fingerprint density at radius 3 is 0.662 bits per heavy atom. The molecule has 0 aromatic rings. The monoisotopic (exact) mass is 1270 g/mol. The van der Waals surface area contributed by atoms with Crippen molar-refractivity contribution in [1.82, 2.24) is 0 Å². The Morgan fingerprint density at radius 2 is 0.494 bits per heavy atom. The molecule has 0 heterocycles. The summed E-state index contributed by atoms with van der Waals surface area (Å²) in [6, 6.07) is 6.38. The van der Waals surface area contributed by atoms with Crippen LogP contribution < -0.4 is 0 Å². The highest BCUT2D eigenvalue weighted by molar-refractivity contribution is 6.89. The summed E-state index contributed by atoms with van der Waals surface area (Å²) in [4.78, 5) is 0. The van der Waals surface area contributed by atoms with E-state index in [1.165, 1.54) is 0 Å². The zero-order valence-electron chi connectivity index (χ0n) is 53.2. The molecule has 77 heavy (non-hydrogen) atoms. The molecule has 18 nitrogen and oxygen atoms in total. The van der Waals surface area contributed by atoms with E-state index in [-0.39, 0.29) is 45.7 Å². The Bertz CT molecular complexity index is 1220. The lowest BCUT2D eigenvalue weighted by molar-refractivity contribution is 0.0922. The predicted molar refractivity (Wildman–Crippen MR) is 339 cm³/mol. The smallest absolute Gasteiger partial charge is 0.311 e. The SMILES string of the molecule is CC(O)CCO.CC[Si](C)(C)O[Si](C)(C)O[Si](C)(C)CCCOCCCO.C[Si](C)(CCCOCCO)O[Si](C)(C)O[Si](C)(C)CCCOCCO.C[Si](C)(CCCOCCO)O[Si](C)(C)O[Si](C)(C)CCCOCCO. The largest absolute Gasteiger partial charge is 0.437 e. The standard InChI is InChI=1S/2C16H40O6Si3.C14H36O4Si3.C4H10O2/c2*1-23(2,15-7-11-19-13-9-17)21-25(5,6)22-24(3,4)16-8-12-20-14-10-18;1-8-19(2,3)17-21(6,7)18-20(4,5)14-10-13-16-12-9-11-15;1-4(6)2-3-5/h2*17-18H,7-16H2,1-6H3;15H,8-14H2,1-7H3;4-6H,2-3H2,1H3. The van der Waals surface area contributed by atoms with E-state index in [2.05, 4.69) is 125 Å². The molecule has 0 aliphatic heterocycles. The number of hydrogen-bond donors (Lipinski definition) is 7. The van der Waals surface area contributed by atoms with Gasteiger partial charge in [-0.2, -0.15) is 0 Å². The van der Waals surface area contributed by atoms with Gasteiger partial charge in [-0.25, -0.2) is 0 Å². The Hall–Kier alpha value is 1.23. The molecular weight excluding hydrogens is 1140 g/mol. The lowest BCUT2D eigenvalue weighted by atomic mass is 10.3. The minimum Gasteiger partial charge on any atom is -0.437 e. The average Bonchev–Trinajstić information content (AvgIpc) is 3.25. The normalized spacial score (nSPS) is 13.6. The minimum absolute atomic E-state index is 0.0792. The summed E-state index contributed by atoms with van der Waals surface area (Å²) in [5.41, 5.74) is 0. The van der Waals surface area contributed by atoms with Crippen LogP contribution in [0.4, 0.5) is 0 Å². The molecule has 470 valence electrons. The zero-order chi connectivity index (χ0) is 60.4. The molecule has 0 saturated heterocycles. The molecule has 1 atom stereocenters. The second-order valence-electron chi connectivity index (χ2n) is 24.6. The van der Waals surface area contributed by atoms with Gasteiger partial charge in [0.2, 0.25) is 0 Å². The van der Waals surface area contributed by atoms with Crippen LogP contribution in [0.2, 0.25) is 154 Å². The van der Waals surface area contributed by atoms with E-state index in [9.17, 15) is 0 Å². The van der Waals surface area contributed by atoms with Crippen molar-refractivity contribution in [2.45, 2.75) is 219 Å². The third-order valence-corrected chi connectivity index (χ3v) is 45.8. The summed E-state index contributed by atoms with van der Waals surface area (Å²) in [6.07, 6.45) is 5.75. The van der Waals surface area contributed by atoms with E-state index in [0.717, 1.165) is 81.4 Å². The first-order valence-electron chi connectivity index (χ1n) is 28.8. The van der Waals surface area contributed by atoms with E-state index in [1.807, 2.05) is 0 Å². The fourth-order valence-electron chi connectivity index (χ4n) is 8.50. The summed E-state index contributed by atoms with van der Waals surface area (Å²) in [6.45, 7) is 50.3. The lowest BCUT2D eigenvalue weighted by Gasteiger charge is -2.39. The first-order chi connectivity index (χ1) is 35.4. The van der Waals surface area contributed by atoms with Gasteiger partial charge in [-0.3, -0.25) is 0 Å². The molecule has 7 N–H and O–H groups in total. The van der Waals surface area contributed by atoms with Crippen LogP contribution in [0.25, 0.3) is 0 Å². The molecule has 0 radical (unpaired) electrons. The highest BCUT2D eigenvalue weighted by atomic mass is 28.5. The number of aliphatic hydroxyl groups excluding tert-OH is 7. The first-order valence-corrected chi connectivity index (χ1v) is 55.9. The summed E-state index contributed by atoms with van der Waals surface area (Å²) < 4.78 is 65.9. The van der Waals surface area contributed by atoms with Gasteiger partial charge in [-0.05, 0) is 206 Å². The van der Waals surface area contributed by atoms with Crippen molar-refractivity contribution in [1.29, 1.82) is 0 Å². The number of rotatable bonds is 46. The maximum Gasteiger partial charge on any atom is 0.311 e. The molecule has 0 aromatic heterocycles. The summed E-state index contributed by atoms with van der Waals surface area (Å²) in [7, 11) is -16.7.